The lowest BCUT2D eigenvalue weighted by Crippen LogP contribution is -2.39. The summed E-state index contributed by atoms with van der Waals surface area (Å²) >= 11 is 5.90. The summed E-state index contributed by atoms with van der Waals surface area (Å²) in [7, 11) is 1.46. The van der Waals surface area contributed by atoms with E-state index in [9.17, 15) is 14.4 Å². The van der Waals surface area contributed by atoms with Gasteiger partial charge in [0.05, 0.1) is 19.3 Å². The van der Waals surface area contributed by atoms with Crippen LogP contribution >= 0.6 is 11.6 Å². The van der Waals surface area contributed by atoms with E-state index < -0.39 is 17.7 Å². The van der Waals surface area contributed by atoms with E-state index in [1.165, 1.54) is 13.2 Å². The molecule has 142 valence electrons. The third-order valence-electron chi connectivity index (χ3n) is 3.53. The summed E-state index contributed by atoms with van der Waals surface area (Å²) in [5.41, 5.74) is 2.80. The van der Waals surface area contributed by atoms with Crippen molar-refractivity contribution in [2.45, 2.75) is 13.8 Å². The molecule has 8 heteroatoms. The van der Waals surface area contributed by atoms with Gasteiger partial charge in [-0.25, -0.2) is 0 Å². The molecule has 2 aromatic carbocycles. The molecule has 0 saturated heterocycles. The molecule has 0 atom stereocenters. The van der Waals surface area contributed by atoms with E-state index in [1.54, 1.807) is 24.3 Å². The van der Waals surface area contributed by atoms with Gasteiger partial charge in [0.15, 0.2) is 0 Å². The predicted molar refractivity (Wildman–Crippen MR) is 104 cm³/mol. The fraction of sp³-hybridized carbons (Fsp3) is 0.211. The summed E-state index contributed by atoms with van der Waals surface area (Å²) in [6.45, 7) is 3.39. The second-order valence-electron chi connectivity index (χ2n) is 5.91. The first-order chi connectivity index (χ1) is 12.8. The van der Waals surface area contributed by atoms with Gasteiger partial charge in [-0.1, -0.05) is 17.7 Å². The summed E-state index contributed by atoms with van der Waals surface area (Å²) in [6, 6.07) is 10.2. The Bertz CT molecular complexity index is 863. The SMILES string of the molecule is COc1ccc(Cl)cc1NC(=O)CNC(=O)C(=O)Nc1cc(C)cc(C)c1. The van der Waals surface area contributed by atoms with Gasteiger partial charge in [0, 0.05) is 10.7 Å². The Balaban J connectivity index is 1.90. The molecule has 0 spiro atoms. The van der Waals surface area contributed by atoms with Crippen molar-refractivity contribution in [3.8, 4) is 5.75 Å². The number of anilines is 2. The standard InChI is InChI=1S/C19H20ClN3O4/c1-11-6-12(2)8-14(7-11)22-19(26)18(25)21-10-17(24)23-15-9-13(20)4-5-16(15)27-3/h4-9H,10H2,1-3H3,(H,21,25)(H,22,26)(H,23,24). The van der Waals surface area contributed by atoms with Crippen LogP contribution in [0.15, 0.2) is 36.4 Å². The van der Waals surface area contributed by atoms with Crippen LogP contribution in [0.1, 0.15) is 11.1 Å². The molecule has 3 N–H and O–H groups in total. The molecule has 0 aliphatic rings. The molecule has 27 heavy (non-hydrogen) atoms. The first kappa shape index (κ1) is 20.3. The van der Waals surface area contributed by atoms with Crippen molar-refractivity contribution in [3.63, 3.8) is 0 Å². The van der Waals surface area contributed by atoms with Gasteiger partial charge in [-0.05, 0) is 55.3 Å². The zero-order chi connectivity index (χ0) is 20.0. The van der Waals surface area contributed by atoms with Crippen LogP contribution in [0.4, 0.5) is 11.4 Å². The zero-order valence-electron chi connectivity index (χ0n) is 15.2. The van der Waals surface area contributed by atoms with E-state index in [-0.39, 0.29) is 6.54 Å². The molecule has 7 nitrogen and oxygen atoms in total. The summed E-state index contributed by atoms with van der Waals surface area (Å²) < 4.78 is 5.13. The minimum absolute atomic E-state index is 0.365. The van der Waals surface area contributed by atoms with Crippen molar-refractivity contribution >= 4 is 40.7 Å². The quantitative estimate of drug-likeness (QED) is 0.685. The molecule has 3 amide bonds. The topological polar surface area (TPSA) is 96.5 Å². The maximum absolute atomic E-state index is 12.0. The number of amides is 3. The summed E-state index contributed by atoms with van der Waals surface area (Å²) in [5, 5.41) is 7.76. The Labute approximate surface area is 162 Å². The zero-order valence-corrected chi connectivity index (χ0v) is 15.9. The summed E-state index contributed by atoms with van der Waals surface area (Å²) in [6.07, 6.45) is 0. The Kier molecular flexibility index (Phi) is 6.79. The molecule has 0 saturated carbocycles. The number of halogens is 1. The number of nitrogens with one attached hydrogen (secondary N) is 3. The number of hydrogen-bond donors (Lipinski definition) is 3. The highest BCUT2D eigenvalue weighted by atomic mass is 35.5. The van der Waals surface area contributed by atoms with Crippen molar-refractivity contribution in [2.24, 2.45) is 0 Å². The molecule has 0 fully saturated rings. The largest absolute Gasteiger partial charge is 0.495 e. The third-order valence-corrected chi connectivity index (χ3v) is 3.77. The minimum Gasteiger partial charge on any atom is -0.495 e. The number of hydrogen-bond acceptors (Lipinski definition) is 4. The van der Waals surface area contributed by atoms with Gasteiger partial charge in [-0.2, -0.15) is 0 Å². The highest BCUT2D eigenvalue weighted by molar-refractivity contribution is 6.40. The van der Waals surface area contributed by atoms with Crippen LogP contribution in [-0.4, -0.2) is 31.4 Å². The highest BCUT2D eigenvalue weighted by Gasteiger charge is 2.16. The second-order valence-corrected chi connectivity index (χ2v) is 6.34. The summed E-state index contributed by atoms with van der Waals surface area (Å²) in [5.74, 6) is -1.87. The Morgan fingerprint density at radius 1 is 0.963 bits per heavy atom. The third kappa shape index (κ3) is 6.00. The lowest BCUT2D eigenvalue weighted by molar-refractivity contribution is -0.136. The van der Waals surface area contributed by atoms with Crippen molar-refractivity contribution in [1.82, 2.24) is 5.32 Å². The normalized spacial score (nSPS) is 10.1. The fourth-order valence-electron chi connectivity index (χ4n) is 2.45. The van der Waals surface area contributed by atoms with Crippen LogP contribution in [-0.2, 0) is 14.4 Å². The van der Waals surface area contributed by atoms with Crippen LogP contribution in [0.3, 0.4) is 0 Å². The van der Waals surface area contributed by atoms with Crippen molar-refractivity contribution < 1.29 is 19.1 Å². The average molecular weight is 390 g/mol. The maximum Gasteiger partial charge on any atom is 0.313 e. The van der Waals surface area contributed by atoms with Gasteiger partial charge in [0.25, 0.3) is 0 Å². The van der Waals surface area contributed by atoms with Gasteiger partial charge in [0.1, 0.15) is 5.75 Å². The molecule has 0 heterocycles. The molecule has 2 aromatic rings. The van der Waals surface area contributed by atoms with E-state index in [0.29, 0.717) is 22.1 Å². The first-order valence-electron chi connectivity index (χ1n) is 8.09. The number of carbonyl (C=O) groups excluding carboxylic acids is 3. The smallest absolute Gasteiger partial charge is 0.313 e. The highest BCUT2D eigenvalue weighted by Crippen LogP contribution is 2.27. The number of benzene rings is 2. The number of rotatable bonds is 5. The van der Waals surface area contributed by atoms with E-state index >= 15 is 0 Å². The van der Waals surface area contributed by atoms with Crippen molar-refractivity contribution in [1.29, 1.82) is 0 Å². The molecule has 2 rings (SSSR count). The van der Waals surface area contributed by atoms with Crippen LogP contribution in [0.5, 0.6) is 5.75 Å². The van der Waals surface area contributed by atoms with Gasteiger partial charge in [-0.15, -0.1) is 0 Å². The number of carbonyl (C=O) groups is 3. The van der Waals surface area contributed by atoms with Crippen LogP contribution < -0.4 is 20.7 Å². The Morgan fingerprint density at radius 2 is 1.63 bits per heavy atom. The molecule has 0 unspecified atom stereocenters. The van der Waals surface area contributed by atoms with Crippen molar-refractivity contribution in [3.05, 3.63) is 52.5 Å². The van der Waals surface area contributed by atoms with E-state index in [0.717, 1.165) is 11.1 Å². The maximum atomic E-state index is 12.0. The Morgan fingerprint density at radius 3 is 2.26 bits per heavy atom. The van der Waals surface area contributed by atoms with Gasteiger partial charge >= 0.3 is 11.8 Å². The van der Waals surface area contributed by atoms with Gasteiger partial charge < -0.3 is 20.7 Å². The van der Waals surface area contributed by atoms with Gasteiger partial charge in [0.2, 0.25) is 5.91 Å². The van der Waals surface area contributed by atoms with E-state index in [1.807, 2.05) is 19.9 Å². The van der Waals surface area contributed by atoms with Crippen molar-refractivity contribution in [2.75, 3.05) is 24.3 Å². The van der Waals surface area contributed by atoms with E-state index in [4.69, 9.17) is 16.3 Å². The number of ether oxygens (including phenoxy) is 1. The Hall–Kier alpha value is -3.06. The van der Waals surface area contributed by atoms with Crippen LogP contribution in [0.25, 0.3) is 0 Å². The van der Waals surface area contributed by atoms with Crippen LogP contribution in [0, 0.1) is 13.8 Å². The molecule has 0 aliphatic heterocycles. The predicted octanol–water partition coefficient (Wildman–Crippen LogP) is 2.66. The molecular weight excluding hydrogens is 370 g/mol. The lowest BCUT2D eigenvalue weighted by atomic mass is 10.1. The first-order valence-corrected chi connectivity index (χ1v) is 8.47. The minimum atomic E-state index is -0.914. The molecule has 0 aromatic heterocycles. The second kappa shape index (κ2) is 9.05. The molecule has 0 bridgehead atoms. The van der Waals surface area contributed by atoms with Gasteiger partial charge in [-0.3, -0.25) is 14.4 Å². The number of aryl methyl sites for hydroxylation is 2. The molecule has 0 radical (unpaired) electrons. The molecule has 0 aliphatic carbocycles. The monoisotopic (exact) mass is 389 g/mol. The number of methoxy groups -OCH3 is 1. The average Bonchev–Trinajstić information content (AvgIpc) is 2.59. The fourth-order valence-corrected chi connectivity index (χ4v) is 2.62. The lowest BCUT2D eigenvalue weighted by Gasteiger charge is -2.11. The van der Waals surface area contributed by atoms with Crippen LogP contribution in [0.2, 0.25) is 5.02 Å². The van der Waals surface area contributed by atoms with E-state index in [2.05, 4.69) is 16.0 Å². The molecular formula is C19H20ClN3O4. The summed E-state index contributed by atoms with van der Waals surface area (Å²) in [4.78, 5) is 35.9.